The molecule has 4 nitrogen and oxygen atoms in total. The molecule has 0 saturated heterocycles. The van der Waals surface area contributed by atoms with E-state index in [1.54, 1.807) is 13.0 Å². The molecule has 1 aromatic rings. The van der Waals surface area contributed by atoms with Gasteiger partial charge in [-0.3, -0.25) is 0 Å². The lowest BCUT2D eigenvalue weighted by molar-refractivity contribution is 0.296. The lowest BCUT2D eigenvalue weighted by Gasteiger charge is -2.33. The highest BCUT2D eigenvalue weighted by molar-refractivity contribution is 7.89. The number of benzene rings is 1. The maximum absolute atomic E-state index is 13.7. The highest BCUT2D eigenvalue weighted by Gasteiger charge is 2.30. The monoisotopic (exact) mass is 336 g/mol. The van der Waals surface area contributed by atoms with E-state index in [4.69, 9.17) is 5.73 Å². The predicted octanol–water partition coefficient (Wildman–Crippen LogP) is 2.50. The summed E-state index contributed by atoms with van der Waals surface area (Å²) in [5, 5.41) is 0. The van der Waals surface area contributed by atoms with E-state index in [2.05, 4.69) is 4.72 Å². The number of aryl methyl sites for hydroxylation is 1. The first-order valence-electron chi connectivity index (χ1n) is 6.87. The summed E-state index contributed by atoms with van der Waals surface area (Å²) < 4.78 is 40.5. The van der Waals surface area contributed by atoms with Crippen LogP contribution in [0.5, 0.6) is 0 Å². The van der Waals surface area contributed by atoms with Gasteiger partial charge < -0.3 is 5.73 Å². The molecule has 0 atom stereocenters. The van der Waals surface area contributed by atoms with E-state index < -0.39 is 21.4 Å². The zero-order valence-electron chi connectivity index (χ0n) is 12.1. The smallest absolute Gasteiger partial charge is 0.243 e. The number of nitrogens with one attached hydrogen (secondary N) is 1. The van der Waals surface area contributed by atoms with E-state index >= 15 is 0 Å². The summed E-state index contributed by atoms with van der Waals surface area (Å²) in [5.74, 6) is -0.738. The zero-order valence-corrected chi connectivity index (χ0v) is 13.7. The Morgan fingerprint density at radius 3 is 2.52 bits per heavy atom. The lowest BCUT2D eigenvalue weighted by Crippen LogP contribution is -2.51. The highest BCUT2D eigenvalue weighted by atomic mass is 35.5. The van der Waals surface area contributed by atoms with Crippen LogP contribution in [0.3, 0.4) is 0 Å². The van der Waals surface area contributed by atoms with Gasteiger partial charge in [-0.25, -0.2) is 17.5 Å². The van der Waals surface area contributed by atoms with Crippen LogP contribution >= 0.6 is 12.4 Å². The minimum atomic E-state index is -3.86. The first-order chi connectivity index (χ1) is 9.32. The van der Waals surface area contributed by atoms with Gasteiger partial charge in [0.25, 0.3) is 0 Å². The molecule has 7 heteroatoms. The summed E-state index contributed by atoms with van der Waals surface area (Å²) in [6.45, 7) is 1.88. The van der Waals surface area contributed by atoms with Gasteiger partial charge in [0.1, 0.15) is 10.7 Å². The molecule has 0 heterocycles. The van der Waals surface area contributed by atoms with Gasteiger partial charge in [-0.15, -0.1) is 12.4 Å². The van der Waals surface area contributed by atoms with E-state index in [0.717, 1.165) is 32.1 Å². The Bertz CT molecular complexity index is 587. The van der Waals surface area contributed by atoms with Crippen LogP contribution in [0.15, 0.2) is 23.1 Å². The average molecular weight is 337 g/mol. The molecule has 1 aliphatic rings. The Balaban J connectivity index is 0.00000220. The number of hydrogen-bond donors (Lipinski definition) is 2. The SMILES string of the molecule is Cc1ccc(F)c(S(=O)(=O)NCC2(N)CCCCC2)c1.Cl. The number of sulfonamides is 1. The van der Waals surface area contributed by atoms with Crippen LogP contribution in [0.1, 0.15) is 37.7 Å². The molecular formula is C14H22ClFN2O2S. The second kappa shape index (κ2) is 7.05. The molecule has 120 valence electrons. The van der Waals surface area contributed by atoms with Crippen molar-refractivity contribution in [2.24, 2.45) is 5.73 Å². The van der Waals surface area contributed by atoms with E-state index in [9.17, 15) is 12.8 Å². The Morgan fingerprint density at radius 1 is 1.29 bits per heavy atom. The fourth-order valence-corrected chi connectivity index (χ4v) is 3.86. The van der Waals surface area contributed by atoms with Crippen LogP contribution in [-0.2, 0) is 10.0 Å². The predicted molar refractivity (Wildman–Crippen MR) is 83.6 cm³/mol. The summed E-state index contributed by atoms with van der Waals surface area (Å²) in [6, 6.07) is 4.05. The van der Waals surface area contributed by atoms with Crippen molar-refractivity contribution >= 4 is 22.4 Å². The summed E-state index contributed by atoms with van der Waals surface area (Å²) in [7, 11) is -3.86. The number of rotatable bonds is 4. The van der Waals surface area contributed by atoms with Crippen LogP contribution in [0.4, 0.5) is 4.39 Å². The maximum Gasteiger partial charge on any atom is 0.243 e. The highest BCUT2D eigenvalue weighted by Crippen LogP contribution is 2.26. The van der Waals surface area contributed by atoms with Gasteiger partial charge in [-0.05, 0) is 37.5 Å². The van der Waals surface area contributed by atoms with E-state index in [-0.39, 0.29) is 23.8 Å². The number of halogens is 2. The molecule has 0 unspecified atom stereocenters. The van der Waals surface area contributed by atoms with Gasteiger partial charge in [-0.2, -0.15) is 0 Å². The third-order valence-electron chi connectivity index (χ3n) is 3.84. The molecule has 0 bridgehead atoms. The van der Waals surface area contributed by atoms with Crippen LogP contribution < -0.4 is 10.5 Å². The first-order valence-corrected chi connectivity index (χ1v) is 8.35. The third kappa shape index (κ3) is 4.64. The van der Waals surface area contributed by atoms with Crippen LogP contribution in [0.2, 0.25) is 0 Å². The van der Waals surface area contributed by atoms with Gasteiger partial charge in [0.2, 0.25) is 10.0 Å². The Morgan fingerprint density at radius 2 is 1.90 bits per heavy atom. The molecule has 2 rings (SSSR count). The van der Waals surface area contributed by atoms with Crippen molar-refractivity contribution in [2.75, 3.05) is 6.54 Å². The number of nitrogens with two attached hydrogens (primary N) is 1. The summed E-state index contributed by atoms with van der Waals surface area (Å²) in [4.78, 5) is -0.308. The summed E-state index contributed by atoms with van der Waals surface area (Å²) in [6.07, 6.45) is 4.75. The van der Waals surface area contributed by atoms with E-state index in [1.165, 1.54) is 12.1 Å². The molecule has 0 spiro atoms. The number of hydrogen-bond acceptors (Lipinski definition) is 3. The minimum absolute atomic E-state index is 0. The first kappa shape index (κ1) is 18.4. The standard InChI is InChI=1S/C14H21FN2O2S.ClH/c1-11-5-6-12(15)13(9-11)20(18,19)17-10-14(16)7-3-2-4-8-14;/h5-6,9,17H,2-4,7-8,10,16H2,1H3;1H. The van der Waals surface area contributed by atoms with Crippen LogP contribution in [-0.4, -0.2) is 20.5 Å². The summed E-state index contributed by atoms with van der Waals surface area (Å²) >= 11 is 0. The summed E-state index contributed by atoms with van der Waals surface area (Å²) in [5.41, 5.74) is 6.38. The van der Waals surface area contributed by atoms with E-state index in [1.807, 2.05) is 0 Å². The molecule has 0 radical (unpaired) electrons. The third-order valence-corrected chi connectivity index (χ3v) is 5.26. The molecule has 21 heavy (non-hydrogen) atoms. The van der Waals surface area contributed by atoms with Gasteiger partial charge in [0, 0.05) is 12.1 Å². The quantitative estimate of drug-likeness (QED) is 0.887. The Kier molecular flexibility index (Phi) is 6.16. The van der Waals surface area contributed by atoms with Crippen molar-refractivity contribution in [3.8, 4) is 0 Å². The van der Waals surface area contributed by atoms with Gasteiger partial charge in [-0.1, -0.05) is 25.3 Å². The molecular weight excluding hydrogens is 315 g/mol. The van der Waals surface area contributed by atoms with Crippen LogP contribution in [0.25, 0.3) is 0 Å². The van der Waals surface area contributed by atoms with Crippen molar-refractivity contribution in [3.63, 3.8) is 0 Å². The minimum Gasteiger partial charge on any atom is -0.324 e. The fraction of sp³-hybridized carbons (Fsp3) is 0.571. The molecule has 0 aliphatic heterocycles. The fourth-order valence-electron chi connectivity index (χ4n) is 2.57. The normalized spacial score (nSPS) is 18.0. The molecule has 0 aromatic heterocycles. The van der Waals surface area contributed by atoms with Crippen molar-refractivity contribution in [1.82, 2.24) is 4.72 Å². The molecule has 1 aliphatic carbocycles. The van der Waals surface area contributed by atoms with Gasteiger partial charge in [0.15, 0.2) is 0 Å². The van der Waals surface area contributed by atoms with Gasteiger partial charge >= 0.3 is 0 Å². The molecule has 0 amide bonds. The van der Waals surface area contributed by atoms with Crippen molar-refractivity contribution in [3.05, 3.63) is 29.6 Å². The maximum atomic E-state index is 13.7. The second-order valence-electron chi connectivity index (χ2n) is 5.68. The van der Waals surface area contributed by atoms with Crippen molar-refractivity contribution in [2.45, 2.75) is 49.5 Å². The molecule has 3 N–H and O–H groups in total. The lowest BCUT2D eigenvalue weighted by atomic mass is 9.83. The van der Waals surface area contributed by atoms with Crippen LogP contribution in [0, 0.1) is 12.7 Å². The van der Waals surface area contributed by atoms with Gasteiger partial charge in [0.05, 0.1) is 0 Å². The average Bonchev–Trinajstić information content (AvgIpc) is 2.40. The Hall–Kier alpha value is -0.690. The zero-order chi connectivity index (χ0) is 14.8. The largest absolute Gasteiger partial charge is 0.324 e. The molecule has 1 fully saturated rings. The molecule has 1 saturated carbocycles. The topological polar surface area (TPSA) is 72.2 Å². The van der Waals surface area contributed by atoms with E-state index in [0.29, 0.717) is 5.56 Å². The molecule has 1 aromatic carbocycles. The van der Waals surface area contributed by atoms with Crippen molar-refractivity contribution in [1.29, 1.82) is 0 Å². The van der Waals surface area contributed by atoms with Crippen molar-refractivity contribution < 1.29 is 12.8 Å². The second-order valence-corrected chi connectivity index (χ2v) is 7.42. The Labute approximate surface area is 131 Å².